The smallest absolute Gasteiger partial charge is 0.433 e. The van der Waals surface area contributed by atoms with Crippen LogP contribution in [0.5, 0.6) is 11.6 Å². The van der Waals surface area contributed by atoms with Crippen molar-refractivity contribution >= 4 is 6.08 Å². The summed E-state index contributed by atoms with van der Waals surface area (Å²) in [4.78, 5) is 3.55. The van der Waals surface area contributed by atoms with Crippen molar-refractivity contribution in [2.75, 3.05) is 0 Å². The Balaban J connectivity index is 1.86. The molecular weight excluding hydrogens is 317 g/mol. The summed E-state index contributed by atoms with van der Waals surface area (Å²) in [5.74, 6) is 0.331. The number of allylic oxidation sites excluding steroid dienone is 1. The maximum absolute atomic E-state index is 12.9. The average molecular weight is 334 g/mol. The molecule has 0 atom stereocenters. The molecule has 1 saturated carbocycles. The number of halogens is 3. The van der Waals surface area contributed by atoms with Crippen molar-refractivity contribution in [2.45, 2.75) is 32.0 Å². The molecule has 6 heteroatoms. The Morgan fingerprint density at radius 3 is 2.58 bits per heavy atom. The van der Waals surface area contributed by atoms with Gasteiger partial charge in [0.1, 0.15) is 11.4 Å². The first-order valence-corrected chi connectivity index (χ1v) is 7.69. The Morgan fingerprint density at radius 2 is 1.96 bits per heavy atom. The molecule has 1 heterocycles. The average Bonchev–Trinajstić information content (AvgIpc) is 2.50. The fraction of sp³-hybridized carbons (Fsp3) is 0.278. The van der Waals surface area contributed by atoms with Crippen LogP contribution in [0.3, 0.4) is 0 Å². The van der Waals surface area contributed by atoms with Gasteiger partial charge in [0.2, 0.25) is 5.88 Å². The molecule has 0 aliphatic heterocycles. The third-order valence-corrected chi connectivity index (χ3v) is 3.83. The molecular formula is C18H17F3N2O. The molecule has 0 radical (unpaired) electrons. The molecule has 1 fully saturated rings. The summed E-state index contributed by atoms with van der Waals surface area (Å²) < 4.78 is 44.3. The largest absolute Gasteiger partial charge is 0.439 e. The molecule has 0 unspecified atom stereocenters. The minimum Gasteiger partial charge on any atom is -0.439 e. The molecule has 0 bridgehead atoms. The molecule has 24 heavy (non-hydrogen) atoms. The Labute approximate surface area is 138 Å². The van der Waals surface area contributed by atoms with Crippen LogP contribution < -0.4 is 10.5 Å². The summed E-state index contributed by atoms with van der Waals surface area (Å²) in [6.45, 7) is -0.0197. The predicted molar refractivity (Wildman–Crippen MR) is 85.5 cm³/mol. The number of nitrogens with two attached hydrogens (primary N) is 1. The highest BCUT2D eigenvalue weighted by molar-refractivity contribution is 5.56. The second kappa shape index (κ2) is 6.65. The van der Waals surface area contributed by atoms with E-state index in [1.165, 1.54) is 18.1 Å². The molecule has 126 valence electrons. The highest BCUT2D eigenvalue weighted by Gasteiger charge is 2.33. The fourth-order valence-electron chi connectivity index (χ4n) is 2.42. The zero-order valence-corrected chi connectivity index (χ0v) is 12.9. The van der Waals surface area contributed by atoms with Crippen molar-refractivity contribution < 1.29 is 17.9 Å². The van der Waals surface area contributed by atoms with E-state index in [-0.39, 0.29) is 12.4 Å². The lowest BCUT2D eigenvalue weighted by Gasteiger charge is -2.16. The summed E-state index contributed by atoms with van der Waals surface area (Å²) in [5, 5.41) is 0. The Kier molecular flexibility index (Phi) is 4.57. The standard InChI is InChI=1S/C18H17F3N2O/c19-18(20,21)16-9-14(11-22)10-17(23-16)24-15-6-2-5-13(8-15)7-12-3-1-4-12/h2,5-10H,1,3-4,11,22H2. The summed E-state index contributed by atoms with van der Waals surface area (Å²) >= 11 is 0. The number of aromatic nitrogens is 1. The number of nitrogens with zero attached hydrogens (tertiary/aromatic N) is 1. The Hall–Kier alpha value is -2.34. The SMILES string of the molecule is NCc1cc(Oc2cccc(C=C3CCC3)c2)nc(C(F)(F)F)c1. The second-order valence-electron chi connectivity index (χ2n) is 5.73. The molecule has 2 aromatic rings. The maximum Gasteiger partial charge on any atom is 0.433 e. The van der Waals surface area contributed by atoms with Gasteiger partial charge in [0.25, 0.3) is 0 Å². The highest BCUT2D eigenvalue weighted by Crippen LogP contribution is 2.32. The van der Waals surface area contributed by atoms with E-state index in [0.29, 0.717) is 11.3 Å². The second-order valence-corrected chi connectivity index (χ2v) is 5.73. The molecule has 1 aromatic heterocycles. The molecule has 0 spiro atoms. The van der Waals surface area contributed by atoms with Crippen molar-refractivity contribution in [2.24, 2.45) is 5.73 Å². The van der Waals surface area contributed by atoms with E-state index in [4.69, 9.17) is 10.5 Å². The number of alkyl halides is 3. The quantitative estimate of drug-likeness (QED) is 0.863. The molecule has 1 aliphatic rings. The van der Waals surface area contributed by atoms with Gasteiger partial charge in [-0.3, -0.25) is 0 Å². The van der Waals surface area contributed by atoms with Crippen LogP contribution in [-0.2, 0) is 12.7 Å². The molecule has 1 aliphatic carbocycles. The van der Waals surface area contributed by atoms with E-state index >= 15 is 0 Å². The van der Waals surface area contributed by atoms with Gasteiger partial charge in [-0.15, -0.1) is 0 Å². The van der Waals surface area contributed by atoms with Gasteiger partial charge in [0.05, 0.1) is 0 Å². The van der Waals surface area contributed by atoms with E-state index in [1.807, 2.05) is 6.07 Å². The van der Waals surface area contributed by atoms with Crippen LogP contribution in [0.15, 0.2) is 42.0 Å². The van der Waals surface area contributed by atoms with E-state index in [2.05, 4.69) is 11.1 Å². The van der Waals surface area contributed by atoms with Crippen LogP contribution >= 0.6 is 0 Å². The maximum atomic E-state index is 12.9. The van der Waals surface area contributed by atoms with Crippen LogP contribution in [0.2, 0.25) is 0 Å². The van der Waals surface area contributed by atoms with Crippen molar-refractivity contribution in [3.8, 4) is 11.6 Å². The van der Waals surface area contributed by atoms with Crippen LogP contribution in [-0.4, -0.2) is 4.98 Å². The molecule has 3 nitrogen and oxygen atoms in total. The number of rotatable bonds is 4. The molecule has 0 saturated heterocycles. The van der Waals surface area contributed by atoms with E-state index in [1.54, 1.807) is 18.2 Å². The van der Waals surface area contributed by atoms with Gasteiger partial charge in [0.15, 0.2) is 0 Å². The lowest BCUT2D eigenvalue weighted by molar-refractivity contribution is -0.141. The first-order valence-electron chi connectivity index (χ1n) is 7.69. The van der Waals surface area contributed by atoms with Crippen molar-refractivity contribution in [1.29, 1.82) is 0 Å². The molecule has 3 rings (SSSR count). The lowest BCUT2D eigenvalue weighted by atomic mass is 9.91. The Bertz CT molecular complexity index is 763. The van der Waals surface area contributed by atoms with Crippen molar-refractivity contribution in [3.63, 3.8) is 0 Å². The van der Waals surface area contributed by atoms with E-state index < -0.39 is 11.9 Å². The predicted octanol–water partition coefficient (Wildman–Crippen LogP) is 4.92. The zero-order valence-electron chi connectivity index (χ0n) is 12.9. The fourth-order valence-corrected chi connectivity index (χ4v) is 2.42. The van der Waals surface area contributed by atoms with Gasteiger partial charge in [0, 0.05) is 12.6 Å². The molecule has 0 amide bonds. The van der Waals surface area contributed by atoms with Crippen LogP contribution in [0.25, 0.3) is 6.08 Å². The van der Waals surface area contributed by atoms with Crippen LogP contribution in [0.1, 0.15) is 36.1 Å². The number of hydrogen-bond acceptors (Lipinski definition) is 3. The summed E-state index contributed by atoms with van der Waals surface area (Å²) in [5.41, 5.74) is 7.12. The van der Waals surface area contributed by atoms with Crippen molar-refractivity contribution in [1.82, 2.24) is 4.98 Å². The third kappa shape index (κ3) is 3.94. The summed E-state index contributed by atoms with van der Waals surface area (Å²) in [7, 11) is 0. The van der Waals surface area contributed by atoms with E-state index in [9.17, 15) is 13.2 Å². The van der Waals surface area contributed by atoms with Gasteiger partial charge in [-0.25, -0.2) is 4.98 Å². The number of pyridine rings is 1. The lowest BCUT2D eigenvalue weighted by Crippen LogP contribution is -2.10. The van der Waals surface area contributed by atoms with Crippen molar-refractivity contribution in [3.05, 3.63) is 58.8 Å². The zero-order chi connectivity index (χ0) is 17.2. The minimum atomic E-state index is -4.54. The van der Waals surface area contributed by atoms with Crippen LogP contribution in [0, 0.1) is 0 Å². The minimum absolute atomic E-state index is 0.0197. The van der Waals surface area contributed by atoms with E-state index in [0.717, 1.165) is 24.5 Å². The summed E-state index contributed by atoms with van der Waals surface area (Å²) in [6, 6.07) is 9.57. The van der Waals surface area contributed by atoms with Gasteiger partial charge < -0.3 is 10.5 Å². The highest BCUT2D eigenvalue weighted by atomic mass is 19.4. The van der Waals surface area contributed by atoms with Crippen LogP contribution in [0.4, 0.5) is 13.2 Å². The number of ether oxygens (including phenoxy) is 1. The van der Waals surface area contributed by atoms with Gasteiger partial charge in [-0.2, -0.15) is 13.2 Å². The number of hydrogen-bond donors (Lipinski definition) is 1. The first-order chi connectivity index (χ1) is 11.4. The molecule has 1 aromatic carbocycles. The summed E-state index contributed by atoms with van der Waals surface area (Å²) in [6.07, 6.45) is 0.944. The monoisotopic (exact) mass is 334 g/mol. The normalized spacial score (nSPS) is 14.2. The van der Waals surface area contributed by atoms with Gasteiger partial charge in [-0.1, -0.05) is 23.8 Å². The first kappa shape index (κ1) is 16.5. The third-order valence-electron chi connectivity index (χ3n) is 3.83. The number of benzene rings is 1. The molecule has 2 N–H and O–H groups in total. The Morgan fingerprint density at radius 1 is 1.17 bits per heavy atom. The van der Waals surface area contributed by atoms with Gasteiger partial charge >= 0.3 is 6.18 Å². The topological polar surface area (TPSA) is 48.1 Å². The van der Waals surface area contributed by atoms with Gasteiger partial charge in [-0.05, 0) is 48.6 Å².